The lowest BCUT2D eigenvalue weighted by Crippen LogP contribution is -2.31. The number of benzene rings is 1. The summed E-state index contributed by atoms with van der Waals surface area (Å²) >= 11 is 0. The van der Waals surface area contributed by atoms with Gasteiger partial charge in [-0.15, -0.1) is 0 Å². The molecule has 0 bridgehead atoms. The molecular weight excluding hydrogens is 394 g/mol. The molecule has 0 saturated carbocycles. The standard InChI is InChI=1S/C23H25N5O3/c1-12(2)25-10-15-9-16(19-13(3)27-31-14(19)4)22-21-20(15)26-23(29)28(21)18(11-30-22)17-7-5-6-8-24-17/h5-9,12,18,25H,10-11H2,1-4H3,(H,26,29). The van der Waals surface area contributed by atoms with Crippen molar-refractivity contribution < 1.29 is 9.26 Å². The molecule has 31 heavy (non-hydrogen) atoms. The van der Waals surface area contributed by atoms with Gasteiger partial charge in [0.05, 0.1) is 22.5 Å². The maximum absolute atomic E-state index is 13.1. The highest BCUT2D eigenvalue weighted by Gasteiger charge is 2.32. The zero-order valence-electron chi connectivity index (χ0n) is 18.0. The molecule has 0 spiro atoms. The van der Waals surface area contributed by atoms with Crippen molar-refractivity contribution in [1.82, 2.24) is 25.0 Å². The second-order valence-electron chi connectivity index (χ2n) is 8.25. The molecule has 0 fully saturated rings. The van der Waals surface area contributed by atoms with Gasteiger partial charge in [0.2, 0.25) is 0 Å². The summed E-state index contributed by atoms with van der Waals surface area (Å²) < 4.78 is 13.5. The highest BCUT2D eigenvalue weighted by molar-refractivity contribution is 5.94. The van der Waals surface area contributed by atoms with Crippen LogP contribution in [0.15, 0.2) is 39.8 Å². The number of aromatic nitrogens is 4. The van der Waals surface area contributed by atoms with E-state index in [1.165, 1.54) is 0 Å². The number of rotatable bonds is 5. The third-order valence-electron chi connectivity index (χ3n) is 5.76. The topological polar surface area (TPSA) is 98.0 Å². The highest BCUT2D eigenvalue weighted by atomic mass is 16.5. The Balaban J connectivity index is 1.81. The summed E-state index contributed by atoms with van der Waals surface area (Å²) in [5.74, 6) is 1.39. The lowest BCUT2D eigenvalue weighted by molar-refractivity contribution is 0.255. The van der Waals surface area contributed by atoms with Gasteiger partial charge in [-0.2, -0.15) is 0 Å². The number of aromatic amines is 1. The average Bonchev–Trinajstić information content (AvgIpc) is 3.28. The third kappa shape index (κ3) is 3.14. The second kappa shape index (κ2) is 7.39. The van der Waals surface area contributed by atoms with Crippen LogP contribution in [-0.2, 0) is 6.54 Å². The van der Waals surface area contributed by atoms with E-state index in [9.17, 15) is 4.79 Å². The van der Waals surface area contributed by atoms with E-state index >= 15 is 0 Å². The van der Waals surface area contributed by atoms with Crippen LogP contribution in [0.4, 0.5) is 0 Å². The van der Waals surface area contributed by atoms with E-state index in [1.54, 1.807) is 10.8 Å². The Bertz CT molecular complexity index is 1300. The monoisotopic (exact) mass is 419 g/mol. The van der Waals surface area contributed by atoms with Gasteiger partial charge in [0.25, 0.3) is 0 Å². The lowest BCUT2D eigenvalue weighted by Gasteiger charge is -2.27. The Morgan fingerprint density at radius 2 is 2.16 bits per heavy atom. The number of pyridine rings is 1. The summed E-state index contributed by atoms with van der Waals surface area (Å²) in [6, 6.07) is 7.77. The summed E-state index contributed by atoms with van der Waals surface area (Å²) in [6.07, 6.45) is 1.73. The summed E-state index contributed by atoms with van der Waals surface area (Å²) in [6.45, 7) is 8.92. The van der Waals surface area contributed by atoms with Crippen molar-refractivity contribution in [3.63, 3.8) is 0 Å². The molecule has 1 atom stereocenters. The molecule has 4 aromatic rings. The first-order valence-corrected chi connectivity index (χ1v) is 10.5. The van der Waals surface area contributed by atoms with Crippen LogP contribution in [0.3, 0.4) is 0 Å². The first-order valence-electron chi connectivity index (χ1n) is 10.5. The number of hydrogen-bond donors (Lipinski definition) is 2. The fraction of sp³-hybridized carbons (Fsp3) is 0.348. The Kier molecular flexibility index (Phi) is 4.66. The molecule has 2 N–H and O–H groups in total. The van der Waals surface area contributed by atoms with Gasteiger partial charge in [-0.1, -0.05) is 25.1 Å². The lowest BCUT2D eigenvalue weighted by atomic mass is 9.97. The van der Waals surface area contributed by atoms with Crippen molar-refractivity contribution in [2.24, 2.45) is 0 Å². The largest absolute Gasteiger partial charge is 0.488 e. The van der Waals surface area contributed by atoms with Gasteiger partial charge < -0.3 is 19.6 Å². The molecule has 5 rings (SSSR count). The van der Waals surface area contributed by atoms with Crippen LogP contribution in [0.5, 0.6) is 5.75 Å². The van der Waals surface area contributed by atoms with Crippen LogP contribution in [-0.4, -0.2) is 32.3 Å². The number of H-pyrrole nitrogens is 1. The van der Waals surface area contributed by atoms with E-state index in [4.69, 9.17) is 9.26 Å². The van der Waals surface area contributed by atoms with Gasteiger partial charge in [0.1, 0.15) is 23.9 Å². The zero-order chi connectivity index (χ0) is 21.7. The normalized spacial score (nSPS) is 15.6. The number of imidazole rings is 1. The molecule has 8 nitrogen and oxygen atoms in total. The maximum Gasteiger partial charge on any atom is 0.327 e. The Morgan fingerprint density at radius 3 is 2.84 bits per heavy atom. The molecule has 0 saturated heterocycles. The molecule has 3 aromatic heterocycles. The van der Waals surface area contributed by atoms with Crippen molar-refractivity contribution in [3.05, 3.63) is 63.7 Å². The molecule has 0 amide bonds. The van der Waals surface area contributed by atoms with Crippen LogP contribution in [0.1, 0.15) is 42.6 Å². The molecule has 0 aliphatic carbocycles. The smallest absolute Gasteiger partial charge is 0.327 e. The van der Waals surface area contributed by atoms with E-state index in [0.717, 1.165) is 44.9 Å². The Labute approximate surface area is 179 Å². The van der Waals surface area contributed by atoms with Crippen LogP contribution in [0.25, 0.3) is 22.2 Å². The predicted molar refractivity (Wildman–Crippen MR) is 117 cm³/mol. The summed E-state index contributed by atoms with van der Waals surface area (Å²) in [5.41, 5.74) is 5.72. The number of nitrogens with zero attached hydrogens (tertiary/aromatic N) is 3. The molecule has 1 aliphatic rings. The fourth-order valence-electron chi connectivity index (χ4n) is 4.32. The molecular formula is C23H25N5O3. The van der Waals surface area contributed by atoms with Gasteiger partial charge in [0.15, 0.2) is 5.75 Å². The molecule has 0 radical (unpaired) electrons. The van der Waals surface area contributed by atoms with E-state index in [0.29, 0.717) is 24.9 Å². The van der Waals surface area contributed by atoms with Crippen molar-refractivity contribution in [2.75, 3.05) is 6.61 Å². The van der Waals surface area contributed by atoms with Crippen LogP contribution < -0.4 is 15.7 Å². The highest BCUT2D eigenvalue weighted by Crippen LogP contribution is 2.44. The average molecular weight is 419 g/mol. The fourth-order valence-corrected chi connectivity index (χ4v) is 4.32. The van der Waals surface area contributed by atoms with Crippen molar-refractivity contribution >= 4 is 11.0 Å². The van der Waals surface area contributed by atoms with E-state index < -0.39 is 0 Å². The first-order chi connectivity index (χ1) is 15.0. The Morgan fingerprint density at radius 1 is 1.32 bits per heavy atom. The molecule has 1 aliphatic heterocycles. The number of nitrogens with one attached hydrogen (secondary N) is 2. The second-order valence-corrected chi connectivity index (χ2v) is 8.25. The first kappa shape index (κ1) is 19.6. The summed E-state index contributed by atoms with van der Waals surface area (Å²) in [4.78, 5) is 20.7. The van der Waals surface area contributed by atoms with Crippen LogP contribution in [0, 0.1) is 13.8 Å². The number of aryl methyl sites for hydroxylation is 2. The molecule has 160 valence electrons. The van der Waals surface area contributed by atoms with Crippen molar-refractivity contribution in [1.29, 1.82) is 0 Å². The molecule has 4 heterocycles. The summed E-state index contributed by atoms with van der Waals surface area (Å²) in [7, 11) is 0. The molecule has 1 aromatic carbocycles. The third-order valence-corrected chi connectivity index (χ3v) is 5.76. The minimum Gasteiger partial charge on any atom is -0.488 e. The SMILES string of the molecule is Cc1noc(C)c1-c1cc(CNC(C)C)c2[nH]c(=O)n3c2c1OCC3c1ccccn1. The molecule has 1 unspecified atom stereocenters. The molecule has 8 heteroatoms. The van der Waals surface area contributed by atoms with E-state index in [1.807, 2.05) is 32.0 Å². The van der Waals surface area contributed by atoms with Crippen LogP contribution >= 0.6 is 0 Å². The van der Waals surface area contributed by atoms with Gasteiger partial charge in [-0.3, -0.25) is 9.55 Å². The van der Waals surface area contributed by atoms with Crippen LogP contribution in [0.2, 0.25) is 0 Å². The zero-order valence-corrected chi connectivity index (χ0v) is 18.0. The van der Waals surface area contributed by atoms with Crippen molar-refractivity contribution in [2.45, 2.75) is 46.3 Å². The van der Waals surface area contributed by atoms with Gasteiger partial charge in [-0.25, -0.2) is 4.79 Å². The number of hydrogen-bond acceptors (Lipinski definition) is 6. The number of ether oxygens (including phenoxy) is 1. The Hall–Kier alpha value is -3.39. The van der Waals surface area contributed by atoms with Crippen molar-refractivity contribution in [3.8, 4) is 16.9 Å². The minimum absolute atomic E-state index is 0.170. The van der Waals surface area contributed by atoms with E-state index in [-0.39, 0.29) is 11.7 Å². The van der Waals surface area contributed by atoms with Gasteiger partial charge in [-0.05, 0) is 37.6 Å². The van der Waals surface area contributed by atoms with Gasteiger partial charge >= 0.3 is 5.69 Å². The maximum atomic E-state index is 13.1. The van der Waals surface area contributed by atoms with E-state index in [2.05, 4.69) is 40.4 Å². The summed E-state index contributed by atoms with van der Waals surface area (Å²) in [5, 5.41) is 7.59. The van der Waals surface area contributed by atoms with Gasteiger partial charge in [0, 0.05) is 24.3 Å². The quantitative estimate of drug-likeness (QED) is 0.514. The minimum atomic E-state index is -0.305. The predicted octanol–water partition coefficient (Wildman–Crippen LogP) is 3.48.